The molecule has 18 heavy (non-hydrogen) atoms. The van der Waals surface area contributed by atoms with Gasteiger partial charge in [-0.1, -0.05) is 12.1 Å². The number of hydrogen-bond donors (Lipinski definition) is 1. The molecule has 1 aromatic heterocycles. The second kappa shape index (κ2) is 5.35. The van der Waals surface area contributed by atoms with E-state index in [-0.39, 0.29) is 11.5 Å². The summed E-state index contributed by atoms with van der Waals surface area (Å²) in [5, 5.41) is 8.79. The topological polar surface area (TPSA) is 63.1 Å². The van der Waals surface area contributed by atoms with Gasteiger partial charge in [-0.05, 0) is 36.6 Å². The van der Waals surface area contributed by atoms with Crippen LogP contribution in [0.4, 0.5) is 4.39 Å². The Labute approximate surface area is 103 Å². The summed E-state index contributed by atoms with van der Waals surface area (Å²) in [6.45, 7) is 0. The predicted molar refractivity (Wildman–Crippen MR) is 62.8 cm³/mol. The highest BCUT2D eigenvalue weighted by Crippen LogP contribution is 2.07. The van der Waals surface area contributed by atoms with Gasteiger partial charge >= 0.3 is 5.97 Å². The molecule has 4 nitrogen and oxygen atoms in total. The van der Waals surface area contributed by atoms with Crippen molar-refractivity contribution in [3.63, 3.8) is 0 Å². The summed E-state index contributed by atoms with van der Waals surface area (Å²) in [4.78, 5) is 18.4. The first-order valence-corrected chi connectivity index (χ1v) is 5.44. The van der Waals surface area contributed by atoms with E-state index < -0.39 is 5.97 Å². The Kier molecular flexibility index (Phi) is 3.62. The van der Waals surface area contributed by atoms with Crippen LogP contribution in [0.3, 0.4) is 0 Å². The molecule has 2 rings (SSSR count). The van der Waals surface area contributed by atoms with Gasteiger partial charge in [0, 0.05) is 5.69 Å². The van der Waals surface area contributed by atoms with Crippen LogP contribution in [-0.2, 0) is 12.8 Å². The third kappa shape index (κ3) is 3.10. The Morgan fingerprint density at radius 1 is 1.17 bits per heavy atom. The van der Waals surface area contributed by atoms with Crippen molar-refractivity contribution in [2.24, 2.45) is 0 Å². The standard InChI is InChI=1S/C13H11FN2O2/c14-10-4-1-9(2-5-10)3-6-11-7-12(13(17)18)16-8-15-11/h1-2,4-5,7-8H,3,6H2,(H,17,18). The molecule has 1 heterocycles. The van der Waals surface area contributed by atoms with Crippen molar-refractivity contribution >= 4 is 5.97 Å². The summed E-state index contributed by atoms with van der Waals surface area (Å²) in [6, 6.07) is 7.66. The number of carbonyl (C=O) groups is 1. The first-order chi connectivity index (χ1) is 8.65. The number of nitrogens with zero attached hydrogens (tertiary/aromatic N) is 2. The lowest BCUT2D eigenvalue weighted by atomic mass is 10.1. The number of aryl methyl sites for hydroxylation is 2. The Balaban J connectivity index is 2.04. The molecule has 0 saturated heterocycles. The number of benzene rings is 1. The van der Waals surface area contributed by atoms with Crippen molar-refractivity contribution in [1.29, 1.82) is 0 Å². The fourth-order valence-corrected chi connectivity index (χ4v) is 1.57. The minimum absolute atomic E-state index is 0.0147. The van der Waals surface area contributed by atoms with E-state index in [2.05, 4.69) is 9.97 Å². The molecule has 0 radical (unpaired) electrons. The molecular weight excluding hydrogens is 235 g/mol. The summed E-state index contributed by atoms with van der Waals surface area (Å²) in [5.74, 6) is -1.34. The van der Waals surface area contributed by atoms with Crippen LogP contribution in [0.25, 0.3) is 0 Å². The van der Waals surface area contributed by atoms with Gasteiger partial charge in [-0.15, -0.1) is 0 Å². The zero-order valence-electron chi connectivity index (χ0n) is 9.51. The molecule has 0 bridgehead atoms. The van der Waals surface area contributed by atoms with Gasteiger partial charge in [-0.25, -0.2) is 19.2 Å². The van der Waals surface area contributed by atoms with E-state index in [1.807, 2.05) is 0 Å². The SMILES string of the molecule is O=C(O)c1cc(CCc2ccc(F)cc2)ncn1. The molecule has 92 valence electrons. The molecule has 1 aromatic carbocycles. The van der Waals surface area contributed by atoms with Gasteiger partial charge in [0.15, 0.2) is 5.69 Å². The lowest BCUT2D eigenvalue weighted by Gasteiger charge is -2.02. The smallest absolute Gasteiger partial charge is 0.354 e. The summed E-state index contributed by atoms with van der Waals surface area (Å²) < 4.78 is 12.7. The summed E-state index contributed by atoms with van der Waals surface area (Å²) in [5.41, 5.74) is 1.62. The van der Waals surface area contributed by atoms with Gasteiger partial charge in [0.2, 0.25) is 0 Å². The molecule has 0 saturated carbocycles. The Morgan fingerprint density at radius 3 is 2.56 bits per heavy atom. The molecule has 0 spiro atoms. The van der Waals surface area contributed by atoms with Crippen molar-refractivity contribution in [3.05, 3.63) is 59.4 Å². The summed E-state index contributed by atoms with van der Waals surface area (Å²) in [6.07, 6.45) is 2.51. The van der Waals surface area contributed by atoms with Crippen molar-refractivity contribution in [2.75, 3.05) is 0 Å². The molecule has 5 heteroatoms. The molecule has 0 aliphatic rings. The molecule has 2 aromatic rings. The maximum absolute atomic E-state index is 12.7. The first-order valence-electron chi connectivity index (χ1n) is 5.44. The molecule has 1 N–H and O–H groups in total. The van der Waals surface area contributed by atoms with Crippen LogP contribution in [0, 0.1) is 5.82 Å². The molecule has 0 aliphatic carbocycles. The van der Waals surface area contributed by atoms with Crippen molar-refractivity contribution < 1.29 is 14.3 Å². The number of hydrogen-bond acceptors (Lipinski definition) is 3. The number of rotatable bonds is 4. The molecule has 0 fully saturated rings. The normalized spacial score (nSPS) is 10.3. The monoisotopic (exact) mass is 246 g/mol. The van der Waals surface area contributed by atoms with Gasteiger partial charge in [0.05, 0.1) is 0 Å². The fourth-order valence-electron chi connectivity index (χ4n) is 1.57. The van der Waals surface area contributed by atoms with Crippen LogP contribution in [0.1, 0.15) is 21.7 Å². The number of aromatic carboxylic acids is 1. The number of carboxylic acids is 1. The van der Waals surface area contributed by atoms with Crippen molar-refractivity contribution in [1.82, 2.24) is 9.97 Å². The lowest BCUT2D eigenvalue weighted by Crippen LogP contribution is -2.03. The second-order valence-corrected chi connectivity index (χ2v) is 3.83. The molecule has 0 unspecified atom stereocenters. The van der Waals surface area contributed by atoms with Crippen LogP contribution < -0.4 is 0 Å². The quantitative estimate of drug-likeness (QED) is 0.897. The minimum Gasteiger partial charge on any atom is -0.477 e. The summed E-state index contributed by atoms with van der Waals surface area (Å²) in [7, 11) is 0. The maximum Gasteiger partial charge on any atom is 0.354 e. The first kappa shape index (κ1) is 12.2. The second-order valence-electron chi connectivity index (χ2n) is 3.83. The van der Waals surface area contributed by atoms with E-state index in [4.69, 9.17) is 5.11 Å². The fraction of sp³-hybridized carbons (Fsp3) is 0.154. The van der Waals surface area contributed by atoms with Gasteiger partial charge in [-0.2, -0.15) is 0 Å². The highest BCUT2D eigenvalue weighted by Gasteiger charge is 2.06. The van der Waals surface area contributed by atoms with Gasteiger partial charge in [0.1, 0.15) is 12.1 Å². The third-order valence-corrected chi connectivity index (χ3v) is 2.53. The lowest BCUT2D eigenvalue weighted by molar-refractivity contribution is 0.0690. The highest BCUT2D eigenvalue weighted by molar-refractivity contribution is 5.85. The van der Waals surface area contributed by atoms with Crippen LogP contribution in [0.5, 0.6) is 0 Å². The molecule has 0 aliphatic heterocycles. The third-order valence-electron chi connectivity index (χ3n) is 2.53. The van der Waals surface area contributed by atoms with Crippen LogP contribution in [0.2, 0.25) is 0 Å². The van der Waals surface area contributed by atoms with E-state index in [1.165, 1.54) is 24.5 Å². The molecular formula is C13H11FN2O2. The zero-order valence-corrected chi connectivity index (χ0v) is 9.51. The van der Waals surface area contributed by atoms with Gasteiger partial charge in [0.25, 0.3) is 0 Å². The largest absolute Gasteiger partial charge is 0.477 e. The van der Waals surface area contributed by atoms with Gasteiger partial charge in [-0.3, -0.25) is 0 Å². The molecule has 0 atom stereocenters. The van der Waals surface area contributed by atoms with Gasteiger partial charge < -0.3 is 5.11 Å². The maximum atomic E-state index is 12.7. The Bertz CT molecular complexity index is 555. The van der Waals surface area contributed by atoms with E-state index >= 15 is 0 Å². The number of carboxylic acid groups (broad SMARTS) is 1. The Morgan fingerprint density at radius 2 is 1.89 bits per heavy atom. The van der Waals surface area contributed by atoms with Crippen molar-refractivity contribution in [2.45, 2.75) is 12.8 Å². The number of aromatic nitrogens is 2. The van der Waals surface area contributed by atoms with Crippen LogP contribution in [0.15, 0.2) is 36.7 Å². The van der Waals surface area contributed by atoms with Crippen LogP contribution in [-0.4, -0.2) is 21.0 Å². The average Bonchev–Trinajstić information content (AvgIpc) is 2.38. The van der Waals surface area contributed by atoms with E-state index in [0.29, 0.717) is 18.5 Å². The van der Waals surface area contributed by atoms with E-state index in [1.54, 1.807) is 12.1 Å². The zero-order chi connectivity index (χ0) is 13.0. The highest BCUT2D eigenvalue weighted by atomic mass is 19.1. The molecule has 0 amide bonds. The van der Waals surface area contributed by atoms with Crippen molar-refractivity contribution in [3.8, 4) is 0 Å². The Hall–Kier alpha value is -2.30. The van der Waals surface area contributed by atoms with E-state index in [9.17, 15) is 9.18 Å². The van der Waals surface area contributed by atoms with E-state index in [0.717, 1.165) is 5.56 Å². The van der Waals surface area contributed by atoms with Crippen LogP contribution >= 0.6 is 0 Å². The number of halogens is 1. The average molecular weight is 246 g/mol. The summed E-state index contributed by atoms with van der Waals surface area (Å²) >= 11 is 0. The predicted octanol–water partition coefficient (Wildman–Crippen LogP) is 2.10. The minimum atomic E-state index is -1.07.